The van der Waals surface area contributed by atoms with E-state index in [1.54, 1.807) is 0 Å². The molecule has 1 heterocycles. The Morgan fingerprint density at radius 1 is 1.24 bits per heavy atom. The number of amides is 2. The Morgan fingerprint density at radius 2 is 1.95 bits per heavy atom. The fourth-order valence-electron chi connectivity index (χ4n) is 2.32. The van der Waals surface area contributed by atoms with Crippen LogP contribution >= 0.6 is 0 Å². The van der Waals surface area contributed by atoms with E-state index in [9.17, 15) is 14.4 Å². The van der Waals surface area contributed by atoms with Gasteiger partial charge >= 0.3 is 5.97 Å². The zero-order valence-electron chi connectivity index (χ0n) is 11.4. The molecule has 0 bridgehead atoms. The molecule has 0 atom stereocenters. The van der Waals surface area contributed by atoms with Crippen LogP contribution in [0.5, 0.6) is 0 Å². The third-order valence-corrected chi connectivity index (χ3v) is 3.73. The zero-order valence-corrected chi connectivity index (χ0v) is 11.4. The average Bonchev–Trinajstić information content (AvgIpc) is 3.26. The van der Waals surface area contributed by atoms with Gasteiger partial charge in [-0.2, -0.15) is 0 Å². The standard InChI is InChI=1S/C15H15NO5/c17-13-11-4-3-10(15(19)20)7-12(11)14(18)16(13)5-6-21-8-9-1-2-9/h3-4,7,9H,1-2,5-6,8H2,(H,19,20). The van der Waals surface area contributed by atoms with Gasteiger partial charge in [-0.25, -0.2) is 4.79 Å². The number of carbonyl (C=O) groups excluding carboxylic acids is 2. The van der Waals surface area contributed by atoms with E-state index in [4.69, 9.17) is 9.84 Å². The molecule has 1 fully saturated rings. The number of carboxylic acid groups (broad SMARTS) is 1. The Balaban J connectivity index is 1.68. The van der Waals surface area contributed by atoms with Crippen LogP contribution in [0.15, 0.2) is 18.2 Å². The lowest BCUT2D eigenvalue weighted by atomic mass is 10.1. The van der Waals surface area contributed by atoms with E-state index in [0.717, 1.165) is 4.90 Å². The van der Waals surface area contributed by atoms with E-state index in [1.807, 2.05) is 0 Å². The number of aromatic carboxylic acids is 1. The fourth-order valence-corrected chi connectivity index (χ4v) is 2.32. The van der Waals surface area contributed by atoms with Gasteiger partial charge in [0.2, 0.25) is 0 Å². The number of nitrogens with zero attached hydrogens (tertiary/aromatic N) is 1. The summed E-state index contributed by atoms with van der Waals surface area (Å²) in [5.41, 5.74) is 0.413. The van der Waals surface area contributed by atoms with Crippen molar-refractivity contribution >= 4 is 17.8 Å². The molecular weight excluding hydrogens is 274 g/mol. The first kappa shape index (κ1) is 13.8. The van der Waals surface area contributed by atoms with Crippen molar-refractivity contribution in [1.82, 2.24) is 4.90 Å². The van der Waals surface area contributed by atoms with Crippen LogP contribution in [0.3, 0.4) is 0 Å². The summed E-state index contributed by atoms with van der Waals surface area (Å²) in [6.07, 6.45) is 2.37. The highest BCUT2D eigenvalue weighted by Gasteiger charge is 2.35. The lowest BCUT2D eigenvalue weighted by Gasteiger charge is -2.13. The van der Waals surface area contributed by atoms with Gasteiger partial charge in [-0.3, -0.25) is 14.5 Å². The monoisotopic (exact) mass is 289 g/mol. The number of hydrogen-bond acceptors (Lipinski definition) is 4. The van der Waals surface area contributed by atoms with Crippen LogP contribution in [0.4, 0.5) is 0 Å². The van der Waals surface area contributed by atoms with E-state index in [2.05, 4.69) is 0 Å². The van der Waals surface area contributed by atoms with Crippen molar-refractivity contribution in [2.75, 3.05) is 19.8 Å². The number of carboxylic acids is 1. The summed E-state index contributed by atoms with van der Waals surface area (Å²) in [6.45, 7) is 1.18. The summed E-state index contributed by atoms with van der Waals surface area (Å²) in [7, 11) is 0. The Bertz CT molecular complexity index is 620. The third-order valence-electron chi connectivity index (χ3n) is 3.73. The molecule has 0 unspecified atom stereocenters. The second-order valence-corrected chi connectivity index (χ2v) is 5.35. The normalized spacial score (nSPS) is 17.2. The minimum Gasteiger partial charge on any atom is -0.478 e. The third kappa shape index (κ3) is 2.67. The van der Waals surface area contributed by atoms with Gasteiger partial charge < -0.3 is 9.84 Å². The first-order valence-electron chi connectivity index (χ1n) is 6.89. The summed E-state index contributed by atoms with van der Waals surface area (Å²) in [5.74, 6) is -1.33. The van der Waals surface area contributed by atoms with Crippen molar-refractivity contribution in [1.29, 1.82) is 0 Å². The van der Waals surface area contributed by atoms with E-state index < -0.39 is 11.9 Å². The van der Waals surface area contributed by atoms with E-state index in [-0.39, 0.29) is 29.1 Å². The highest BCUT2D eigenvalue weighted by Crippen LogP contribution is 2.29. The number of benzene rings is 1. The van der Waals surface area contributed by atoms with Gasteiger partial charge in [-0.15, -0.1) is 0 Å². The smallest absolute Gasteiger partial charge is 0.335 e. The SMILES string of the molecule is O=C(O)c1ccc2c(c1)C(=O)N(CCOCC1CC1)C2=O. The van der Waals surface area contributed by atoms with Crippen molar-refractivity contribution in [2.45, 2.75) is 12.8 Å². The number of fused-ring (bicyclic) bond motifs is 1. The molecule has 1 aliphatic heterocycles. The molecule has 2 amide bonds. The molecule has 1 aromatic carbocycles. The molecule has 1 N–H and O–H groups in total. The van der Waals surface area contributed by atoms with Crippen LogP contribution in [0.1, 0.15) is 43.9 Å². The molecule has 3 rings (SSSR count). The molecule has 6 heteroatoms. The number of rotatable bonds is 6. The van der Waals surface area contributed by atoms with Gasteiger partial charge in [0.15, 0.2) is 0 Å². The largest absolute Gasteiger partial charge is 0.478 e. The van der Waals surface area contributed by atoms with Crippen molar-refractivity contribution in [2.24, 2.45) is 5.92 Å². The van der Waals surface area contributed by atoms with Gasteiger partial charge in [0, 0.05) is 6.61 Å². The highest BCUT2D eigenvalue weighted by atomic mass is 16.5. The van der Waals surface area contributed by atoms with E-state index >= 15 is 0 Å². The second kappa shape index (κ2) is 5.29. The van der Waals surface area contributed by atoms with Gasteiger partial charge in [0.05, 0.1) is 29.8 Å². The van der Waals surface area contributed by atoms with Crippen LogP contribution < -0.4 is 0 Å². The van der Waals surface area contributed by atoms with E-state index in [0.29, 0.717) is 19.1 Å². The molecule has 6 nitrogen and oxygen atoms in total. The van der Waals surface area contributed by atoms with Crippen LogP contribution in [0.25, 0.3) is 0 Å². The summed E-state index contributed by atoms with van der Waals surface area (Å²) in [4.78, 5) is 36.3. The molecule has 1 aromatic rings. The molecule has 21 heavy (non-hydrogen) atoms. The first-order chi connectivity index (χ1) is 10.1. The Labute approximate surface area is 121 Å². The molecule has 1 aliphatic carbocycles. The number of imide groups is 1. The predicted molar refractivity (Wildman–Crippen MR) is 72.3 cm³/mol. The fraction of sp³-hybridized carbons (Fsp3) is 0.400. The summed E-state index contributed by atoms with van der Waals surface area (Å²) in [6, 6.07) is 3.98. The van der Waals surface area contributed by atoms with Crippen molar-refractivity contribution in [3.63, 3.8) is 0 Å². The average molecular weight is 289 g/mol. The van der Waals surface area contributed by atoms with Crippen molar-refractivity contribution in [3.8, 4) is 0 Å². The number of ether oxygens (including phenoxy) is 1. The maximum atomic E-state index is 12.2. The maximum absolute atomic E-state index is 12.2. The minimum absolute atomic E-state index is 0.00160. The second-order valence-electron chi connectivity index (χ2n) is 5.35. The summed E-state index contributed by atoms with van der Waals surface area (Å²) >= 11 is 0. The van der Waals surface area contributed by atoms with Crippen molar-refractivity contribution < 1.29 is 24.2 Å². The van der Waals surface area contributed by atoms with Gasteiger partial charge in [0.25, 0.3) is 11.8 Å². The van der Waals surface area contributed by atoms with Gasteiger partial charge in [-0.1, -0.05) is 0 Å². The van der Waals surface area contributed by atoms with Gasteiger partial charge in [0.1, 0.15) is 0 Å². The van der Waals surface area contributed by atoms with E-state index in [1.165, 1.54) is 31.0 Å². The predicted octanol–water partition coefficient (Wildman–Crippen LogP) is 1.41. The van der Waals surface area contributed by atoms with Crippen LogP contribution in [-0.2, 0) is 4.74 Å². The van der Waals surface area contributed by atoms with Crippen LogP contribution in [0.2, 0.25) is 0 Å². The lowest BCUT2D eigenvalue weighted by molar-refractivity contribution is 0.0553. The highest BCUT2D eigenvalue weighted by molar-refractivity contribution is 6.21. The minimum atomic E-state index is -1.12. The Kier molecular flexibility index (Phi) is 3.47. The molecule has 0 aromatic heterocycles. The summed E-state index contributed by atoms with van der Waals surface area (Å²) < 4.78 is 5.44. The molecule has 110 valence electrons. The molecule has 0 radical (unpaired) electrons. The first-order valence-corrected chi connectivity index (χ1v) is 6.89. The topological polar surface area (TPSA) is 83.9 Å². The van der Waals surface area contributed by atoms with Crippen LogP contribution in [-0.4, -0.2) is 47.5 Å². The Morgan fingerprint density at radius 3 is 2.62 bits per heavy atom. The number of hydrogen-bond donors (Lipinski definition) is 1. The van der Waals surface area contributed by atoms with Gasteiger partial charge in [-0.05, 0) is 37.0 Å². The lowest BCUT2D eigenvalue weighted by Crippen LogP contribution is -2.33. The number of carbonyl (C=O) groups is 3. The molecule has 0 spiro atoms. The van der Waals surface area contributed by atoms with Crippen LogP contribution in [0, 0.1) is 5.92 Å². The maximum Gasteiger partial charge on any atom is 0.335 e. The zero-order chi connectivity index (χ0) is 15.0. The summed E-state index contributed by atoms with van der Waals surface area (Å²) in [5, 5.41) is 8.94. The Hall–Kier alpha value is -2.21. The molecule has 2 aliphatic rings. The molecular formula is C15H15NO5. The molecule has 0 saturated heterocycles. The quantitative estimate of drug-likeness (QED) is 0.632. The molecule has 1 saturated carbocycles. The van der Waals surface area contributed by atoms with Crippen molar-refractivity contribution in [3.05, 3.63) is 34.9 Å².